The van der Waals surface area contributed by atoms with Gasteiger partial charge in [-0.2, -0.15) is 0 Å². The van der Waals surface area contributed by atoms with Gasteiger partial charge in [-0.15, -0.1) is 0 Å². The molecule has 2 aromatic heterocycles. The molecule has 1 aromatic carbocycles. The fourth-order valence-electron chi connectivity index (χ4n) is 5.45. The standard InChI is InChI=1S/C27H28N4O5/c1-5-27(35)16-11-19-21-14(12-31(19)23(32)15(16)13-36-24(27)33)22-20-17(28-21)7-6-8-18(20)29-25(34)30(22)10-9-26(2,3)4/h6-8,11,35H,5,9-10,12-13H2,1-4H3,(H,29,34). The van der Waals surface area contributed by atoms with E-state index in [1.807, 2.05) is 18.2 Å². The van der Waals surface area contributed by atoms with Crippen molar-refractivity contribution in [3.8, 4) is 11.4 Å². The smallest absolute Gasteiger partial charge is 0.343 e. The Hall–Kier alpha value is -3.72. The number of cyclic esters (lactones) is 1. The number of benzene rings is 1. The van der Waals surface area contributed by atoms with Crippen molar-refractivity contribution in [2.75, 3.05) is 16.8 Å². The zero-order chi connectivity index (χ0) is 25.6. The fourth-order valence-corrected chi connectivity index (χ4v) is 5.45. The second-order valence-electron chi connectivity index (χ2n) is 11.0. The predicted molar refractivity (Wildman–Crippen MR) is 135 cm³/mol. The molecule has 5 heterocycles. The quantitative estimate of drug-likeness (QED) is 0.423. The molecule has 0 saturated heterocycles. The molecule has 0 bridgehead atoms. The third kappa shape index (κ3) is 3.05. The molecule has 1 unspecified atom stereocenters. The molecular formula is C27H28N4O5. The lowest BCUT2D eigenvalue weighted by Crippen LogP contribution is -2.44. The lowest BCUT2D eigenvalue weighted by Gasteiger charge is -2.33. The van der Waals surface area contributed by atoms with E-state index in [1.165, 1.54) is 0 Å². The number of hydrogen-bond donors (Lipinski definition) is 2. The first kappa shape index (κ1) is 22.7. The van der Waals surface area contributed by atoms with E-state index in [2.05, 4.69) is 26.1 Å². The lowest BCUT2D eigenvalue weighted by atomic mass is 9.86. The fraction of sp³-hybridized carbons (Fsp3) is 0.407. The molecule has 2 N–H and O–H groups in total. The topological polar surface area (TPSA) is 114 Å². The molecule has 1 atom stereocenters. The van der Waals surface area contributed by atoms with Gasteiger partial charge in [0, 0.05) is 23.1 Å². The number of hydrogen-bond acceptors (Lipinski definition) is 6. The average molecular weight is 489 g/mol. The summed E-state index contributed by atoms with van der Waals surface area (Å²) in [5.41, 5.74) is 2.41. The molecule has 6 rings (SSSR count). The van der Waals surface area contributed by atoms with Crippen LogP contribution < -0.4 is 15.8 Å². The molecule has 2 amide bonds. The summed E-state index contributed by atoms with van der Waals surface area (Å²) in [7, 11) is 0. The van der Waals surface area contributed by atoms with E-state index in [1.54, 1.807) is 22.5 Å². The summed E-state index contributed by atoms with van der Waals surface area (Å²) in [5, 5.41) is 15.0. The van der Waals surface area contributed by atoms with Gasteiger partial charge in [0.25, 0.3) is 5.56 Å². The molecular weight excluding hydrogens is 460 g/mol. The second kappa shape index (κ2) is 7.39. The van der Waals surface area contributed by atoms with Gasteiger partial charge in [-0.05, 0) is 36.5 Å². The van der Waals surface area contributed by atoms with Crippen molar-refractivity contribution in [2.24, 2.45) is 5.41 Å². The Balaban J connectivity index is 1.62. The van der Waals surface area contributed by atoms with Crippen LogP contribution in [-0.4, -0.2) is 33.2 Å². The monoisotopic (exact) mass is 488 g/mol. The van der Waals surface area contributed by atoms with Crippen LogP contribution in [-0.2, 0) is 28.3 Å². The summed E-state index contributed by atoms with van der Waals surface area (Å²) in [6.07, 6.45) is 0.862. The van der Waals surface area contributed by atoms with Crippen LogP contribution in [0.2, 0.25) is 0 Å². The minimum atomic E-state index is -1.89. The Labute approximate surface area is 207 Å². The highest BCUT2D eigenvalue weighted by molar-refractivity contribution is 6.19. The number of ether oxygens (including phenoxy) is 1. The number of urea groups is 1. The van der Waals surface area contributed by atoms with Gasteiger partial charge in [0.2, 0.25) is 0 Å². The van der Waals surface area contributed by atoms with Crippen LogP contribution in [0, 0.1) is 5.41 Å². The van der Waals surface area contributed by atoms with Crippen molar-refractivity contribution in [2.45, 2.75) is 59.3 Å². The highest BCUT2D eigenvalue weighted by atomic mass is 16.6. The number of rotatable bonds is 3. The Morgan fingerprint density at radius 1 is 1.19 bits per heavy atom. The van der Waals surface area contributed by atoms with Gasteiger partial charge < -0.3 is 19.7 Å². The number of nitrogens with zero attached hydrogens (tertiary/aromatic N) is 3. The van der Waals surface area contributed by atoms with Crippen LogP contribution in [0.3, 0.4) is 0 Å². The van der Waals surface area contributed by atoms with Gasteiger partial charge in [0.1, 0.15) is 6.61 Å². The number of anilines is 2. The van der Waals surface area contributed by atoms with E-state index in [-0.39, 0.29) is 47.7 Å². The van der Waals surface area contributed by atoms with Crippen LogP contribution in [0.1, 0.15) is 57.2 Å². The molecule has 0 spiro atoms. The first-order chi connectivity index (χ1) is 17.0. The number of carbonyl (C=O) groups is 2. The van der Waals surface area contributed by atoms with Crippen molar-refractivity contribution in [1.29, 1.82) is 0 Å². The van der Waals surface area contributed by atoms with E-state index in [4.69, 9.17) is 9.72 Å². The molecule has 36 heavy (non-hydrogen) atoms. The molecule has 0 radical (unpaired) electrons. The molecule has 0 aliphatic carbocycles. The SMILES string of the molecule is CCC1(O)C(=O)OCc2c1cc1n(c2=O)Cc2c-1nc1cccc3c1c2N(CCC(C)(C)C)C(=O)N3. The largest absolute Gasteiger partial charge is 0.458 e. The van der Waals surface area contributed by atoms with E-state index < -0.39 is 11.6 Å². The summed E-state index contributed by atoms with van der Waals surface area (Å²) in [5.74, 6) is -0.753. The van der Waals surface area contributed by atoms with Crippen molar-refractivity contribution in [3.63, 3.8) is 0 Å². The maximum atomic E-state index is 13.6. The Morgan fingerprint density at radius 3 is 2.69 bits per heavy atom. The van der Waals surface area contributed by atoms with Crippen molar-refractivity contribution >= 4 is 34.3 Å². The molecule has 3 aliphatic heterocycles. The van der Waals surface area contributed by atoms with Crippen LogP contribution in [0.25, 0.3) is 22.3 Å². The lowest BCUT2D eigenvalue weighted by molar-refractivity contribution is -0.172. The molecule has 186 valence electrons. The maximum absolute atomic E-state index is 13.6. The van der Waals surface area contributed by atoms with Gasteiger partial charge in [-0.3, -0.25) is 9.69 Å². The number of esters is 1. The second-order valence-corrected chi connectivity index (χ2v) is 11.0. The number of nitrogens with one attached hydrogen (secondary N) is 1. The number of aliphatic hydroxyl groups is 1. The Morgan fingerprint density at radius 2 is 1.97 bits per heavy atom. The van der Waals surface area contributed by atoms with E-state index in [9.17, 15) is 19.5 Å². The van der Waals surface area contributed by atoms with Gasteiger partial charge >= 0.3 is 12.0 Å². The first-order valence-corrected chi connectivity index (χ1v) is 12.2. The van der Waals surface area contributed by atoms with E-state index in [0.717, 1.165) is 23.1 Å². The maximum Gasteiger partial charge on any atom is 0.343 e. The van der Waals surface area contributed by atoms with Crippen molar-refractivity contribution < 1.29 is 19.4 Å². The number of pyridine rings is 2. The third-order valence-electron chi connectivity index (χ3n) is 7.53. The van der Waals surface area contributed by atoms with Crippen LogP contribution >= 0.6 is 0 Å². The van der Waals surface area contributed by atoms with Gasteiger partial charge in [0.15, 0.2) is 5.60 Å². The minimum Gasteiger partial charge on any atom is -0.458 e. The van der Waals surface area contributed by atoms with Crippen LogP contribution in [0.15, 0.2) is 29.1 Å². The summed E-state index contributed by atoms with van der Waals surface area (Å²) in [6, 6.07) is 7.07. The summed E-state index contributed by atoms with van der Waals surface area (Å²) < 4.78 is 6.78. The number of fused-ring (bicyclic) bond motifs is 5. The highest BCUT2D eigenvalue weighted by Gasteiger charge is 2.46. The Kier molecular flexibility index (Phi) is 4.67. The zero-order valence-corrected chi connectivity index (χ0v) is 20.8. The third-order valence-corrected chi connectivity index (χ3v) is 7.53. The van der Waals surface area contributed by atoms with Crippen LogP contribution in [0.4, 0.5) is 16.2 Å². The first-order valence-electron chi connectivity index (χ1n) is 12.2. The van der Waals surface area contributed by atoms with Crippen molar-refractivity contribution in [1.82, 2.24) is 9.55 Å². The van der Waals surface area contributed by atoms with Gasteiger partial charge in [0.05, 0.1) is 40.4 Å². The molecule has 3 aromatic rings. The molecule has 3 aliphatic rings. The van der Waals surface area contributed by atoms with Crippen molar-refractivity contribution in [3.05, 3.63) is 51.3 Å². The van der Waals surface area contributed by atoms with E-state index >= 15 is 0 Å². The average Bonchev–Trinajstić information content (AvgIpc) is 3.19. The molecule has 0 fully saturated rings. The summed E-state index contributed by atoms with van der Waals surface area (Å²) in [6.45, 7) is 8.64. The van der Waals surface area contributed by atoms with Gasteiger partial charge in [-0.1, -0.05) is 33.8 Å². The van der Waals surface area contributed by atoms with Gasteiger partial charge in [-0.25, -0.2) is 14.6 Å². The minimum absolute atomic E-state index is 0.0165. The molecule has 9 heteroatoms. The number of carbonyl (C=O) groups excluding carboxylic acids is 2. The predicted octanol–water partition coefficient (Wildman–Crippen LogP) is 3.87. The molecule has 0 saturated carbocycles. The van der Waals surface area contributed by atoms with E-state index in [0.29, 0.717) is 29.1 Å². The van der Waals surface area contributed by atoms with Crippen LogP contribution in [0.5, 0.6) is 0 Å². The molecule has 9 nitrogen and oxygen atoms in total. The summed E-state index contributed by atoms with van der Waals surface area (Å²) in [4.78, 5) is 46.0. The highest BCUT2D eigenvalue weighted by Crippen LogP contribution is 2.46. The zero-order valence-electron chi connectivity index (χ0n) is 20.8. The number of amides is 2. The number of aromatic nitrogens is 2. The Bertz CT molecular complexity index is 1550. The normalized spacial score (nSPS) is 20.1. The summed E-state index contributed by atoms with van der Waals surface area (Å²) >= 11 is 0.